The average molecular weight is 360 g/mol. The molecule has 0 aliphatic rings. The van der Waals surface area contributed by atoms with Crippen LogP contribution in [0.1, 0.15) is 37.3 Å². The maximum atomic E-state index is 12.3. The highest BCUT2D eigenvalue weighted by atomic mass is 16.5. The van der Waals surface area contributed by atoms with Crippen molar-refractivity contribution in [2.75, 3.05) is 7.11 Å². The molecule has 26 heavy (non-hydrogen) atoms. The number of aryl methyl sites for hydroxylation is 1. The summed E-state index contributed by atoms with van der Waals surface area (Å²) in [6.45, 7) is 3.61. The van der Waals surface area contributed by atoms with E-state index in [4.69, 9.17) is 9.15 Å². The Hall–Kier alpha value is -2.83. The summed E-state index contributed by atoms with van der Waals surface area (Å²) in [5.74, 6) is -1.17. The molecule has 1 heterocycles. The van der Waals surface area contributed by atoms with Crippen LogP contribution in [-0.2, 0) is 16.0 Å². The van der Waals surface area contributed by atoms with E-state index in [1.807, 2.05) is 6.92 Å². The highest BCUT2D eigenvalue weighted by Crippen LogP contribution is 2.24. The number of hydrogen-bond donors (Lipinski definition) is 1. The predicted octanol–water partition coefficient (Wildman–Crippen LogP) is 1.08. The van der Waals surface area contributed by atoms with Crippen LogP contribution in [-0.4, -0.2) is 25.0 Å². The van der Waals surface area contributed by atoms with Crippen molar-refractivity contribution in [1.82, 2.24) is 5.32 Å². The highest BCUT2D eigenvalue weighted by Gasteiger charge is 2.16. The third-order valence-corrected chi connectivity index (χ3v) is 4.29. The van der Waals surface area contributed by atoms with Crippen molar-refractivity contribution in [1.29, 1.82) is 0 Å². The molecule has 7 heteroatoms. The minimum Gasteiger partial charge on any atom is -0.548 e. The van der Waals surface area contributed by atoms with Gasteiger partial charge in [-0.25, -0.2) is 4.79 Å². The molecule has 0 radical (unpaired) electrons. The number of benzene rings is 1. The lowest BCUT2D eigenvalue weighted by molar-refractivity contribution is -0.308. The number of methoxy groups -OCH3 is 1. The van der Waals surface area contributed by atoms with Gasteiger partial charge in [0.25, 0.3) is 0 Å². The average Bonchev–Trinajstić information content (AvgIpc) is 2.60. The van der Waals surface area contributed by atoms with Gasteiger partial charge in [0.2, 0.25) is 5.91 Å². The lowest BCUT2D eigenvalue weighted by Gasteiger charge is -2.19. The van der Waals surface area contributed by atoms with Gasteiger partial charge in [0.1, 0.15) is 11.3 Å². The number of hydrogen-bond acceptors (Lipinski definition) is 6. The maximum absolute atomic E-state index is 12.3. The van der Waals surface area contributed by atoms with Gasteiger partial charge in [-0.2, -0.15) is 0 Å². The van der Waals surface area contributed by atoms with E-state index in [1.165, 1.54) is 7.11 Å². The Balaban J connectivity index is 2.17. The first-order chi connectivity index (χ1) is 12.4. The van der Waals surface area contributed by atoms with Crippen LogP contribution in [0, 0.1) is 6.92 Å². The normalized spacial score (nSPS) is 12.0. The quantitative estimate of drug-likeness (QED) is 0.706. The Morgan fingerprint density at radius 1 is 1.35 bits per heavy atom. The number of ether oxygens (including phenoxy) is 1. The zero-order chi connectivity index (χ0) is 19.3. The van der Waals surface area contributed by atoms with E-state index in [0.29, 0.717) is 29.7 Å². The van der Waals surface area contributed by atoms with Gasteiger partial charge < -0.3 is 24.4 Å². The SMILES string of the molecule is CCC[C@@H](NC(=O)CCc1c(C)c2ccc(OC)cc2oc1=O)C(=O)[O-]. The second-order valence-corrected chi connectivity index (χ2v) is 6.08. The van der Waals surface area contributed by atoms with Crippen LogP contribution in [0.2, 0.25) is 0 Å². The van der Waals surface area contributed by atoms with Gasteiger partial charge in [-0.1, -0.05) is 13.3 Å². The van der Waals surface area contributed by atoms with Crippen LogP contribution in [0.3, 0.4) is 0 Å². The number of carboxylic acid groups (broad SMARTS) is 1. The summed E-state index contributed by atoms with van der Waals surface area (Å²) in [4.78, 5) is 35.3. The zero-order valence-corrected chi connectivity index (χ0v) is 15.1. The van der Waals surface area contributed by atoms with Crippen molar-refractivity contribution in [3.8, 4) is 5.75 Å². The van der Waals surface area contributed by atoms with Crippen LogP contribution < -0.4 is 20.8 Å². The summed E-state index contributed by atoms with van der Waals surface area (Å²) in [5, 5.41) is 14.2. The van der Waals surface area contributed by atoms with E-state index in [2.05, 4.69) is 5.32 Å². The number of carboxylic acids is 1. The Kier molecular flexibility index (Phi) is 6.38. The number of amides is 1. The number of nitrogens with one attached hydrogen (secondary N) is 1. The third kappa shape index (κ3) is 4.41. The van der Waals surface area contributed by atoms with Crippen molar-refractivity contribution in [3.63, 3.8) is 0 Å². The lowest BCUT2D eigenvalue weighted by atomic mass is 10.0. The molecule has 0 unspecified atom stereocenters. The van der Waals surface area contributed by atoms with E-state index in [9.17, 15) is 19.5 Å². The largest absolute Gasteiger partial charge is 0.548 e. The number of aliphatic carboxylic acids is 1. The van der Waals surface area contributed by atoms with Gasteiger partial charge in [0.15, 0.2) is 0 Å². The summed E-state index contributed by atoms with van der Waals surface area (Å²) in [6, 6.07) is 4.17. The topological polar surface area (TPSA) is 109 Å². The Morgan fingerprint density at radius 2 is 2.08 bits per heavy atom. The van der Waals surface area contributed by atoms with Crippen LogP contribution >= 0.6 is 0 Å². The summed E-state index contributed by atoms with van der Waals surface area (Å²) >= 11 is 0. The van der Waals surface area contributed by atoms with Crippen LogP contribution in [0.4, 0.5) is 0 Å². The number of fused-ring (bicyclic) bond motifs is 1. The molecule has 0 bridgehead atoms. The van der Waals surface area contributed by atoms with Crippen molar-refractivity contribution < 1.29 is 23.8 Å². The summed E-state index contributed by atoms with van der Waals surface area (Å²) in [6.07, 6.45) is 1.05. The van der Waals surface area contributed by atoms with Gasteiger partial charge in [0, 0.05) is 23.4 Å². The monoisotopic (exact) mass is 360 g/mol. The van der Waals surface area contributed by atoms with Gasteiger partial charge in [-0.05, 0) is 37.5 Å². The molecule has 0 spiro atoms. The van der Waals surface area contributed by atoms with Crippen molar-refractivity contribution in [2.45, 2.75) is 45.6 Å². The van der Waals surface area contributed by atoms with Gasteiger partial charge >= 0.3 is 5.63 Å². The summed E-state index contributed by atoms with van der Waals surface area (Å²) in [7, 11) is 1.53. The molecular formula is C19H22NO6-. The summed E-state index contributed by atoms with van der Waals surface area (Å²) < 4.78 is 10.5. The Bertz CT molecular complexity index is 870. The van der Waals surface area contributed by atoms with Crippen LogP contribution in [0.15, 0.2) is 27.4 Å². The van der Waals surface area contributed by atoms with E-state index < -0.39 is 23.5 Å². The first-order valence-corrected chi connectivity index (χ1v) is 8.47. The van der Waals surface area contributed by atoms with E-state index >= 15 is 0 Å². The van der Waals surface area contributed by atoms with Gasteiger partial charge in [-0.15, -0.1) is 0 Å². The molecule has 2 aromatic rings. The molecule has 1 aromatic carbocycles. The van der Waals surface area contributed by atoms with Gasteiger partial charge in [-0.3, -0.25) is 4.79 Å². The molecular weight excluding hydrogens is 338 g/mol. The molecule has 140 valence electrons. The number of rotatable bonds is 8. The second-order valence-electron chi connectivity index (χ2n) is 6.08. The minimum atomic E-state index is -1.31. The maximum Gasteiger partial charge on any atom is 0.339 e. The molecule has 0 saturated heterocycles. The van der Waals surface area contributed by atoms with Crippen LogP contribution in [0.5, 0.6) is 5.75 Å². The predicted molar refractivity (Wildman–Crippen MR) is 93.9 cm³/mol. The molecule has 0 aliphatic heterocycles. The second kappa shape index (κ2) is 8.51. The fourth-order valence-electron chi connectivity index (χ4n) is 2.83. The molecule has 7 nitrogen and oxygen atoms in total. The Morgan fingerprint density at radius 3 is 2.69 bits per heavy atom. The van der Waals surface area contributed by atoms with Crippen LogP contribution in [0.25, 0.3) is 11.0 Å². The molecule has 2 rings (SSSR count). The smallest absolute Gasteiger partial charge is 0.339 e. The Labute approximate surface area is 151 Å². The van der Waals surface area contributed by atoms with E-state index in [-0.39, 0.29) is 12.8 Å². The molecule has 0 fully saturated rings. The third-order valence-electron chi connectivity index (χ3n) is 4.29. The lowest BCUT2D eigenvalue weighted by Crippen LogP contribution is -2.47. The van der Waals surface area contributed by atoms with E-state index in [1.54, 1.807) is 25.1 Å². The standard InChI is InChI=1S/C19H23NO6/c1-4-5-15(18(22)23)20-17(21)9-8-14-11(2)13-7-6-12(25-3)10-16(13)26-19(14)24/h6-7,10,15H,4-5,8-9H2,1-3H3,(H,20,21)(H,22,23)/p-1/t15-/m1/s1. The first-order valence-electron chi connectivity index (χ1n) is 8.47. The molecule has 1 N–H and O–H groups in total. The zero-order valence-electron chi connectivity index (χ0n) is 15.1. The van der Waals surface area contributed by atoms with E-state index in [0.717, 1.165) is 10.9 Å². The van der Waals surface area contributed by atoms with Gasteiger partial charge in [0.05, 0.1) is 19.1 Å². The molecule has 1 aromatic heterocycles. The fraction of sp³-hybridized carbons (Fsp3) is 0.421. The molecule has 0 saturated carbocycles. The highest BCUT2D eigenvalue weighted by molar-refractivity contribution is 5.84. The summed E-state index contributed by atoms with van der Waals surface area (Å²) in [5.41, 5.74) is 1.04. The minimum absolute atomic E-state index is 0.0131. The number of carbonyl (C=O) groups excluding carboxylic acids is 2. The van der Waals surface area contributed by atoms with Crippen molar-refractivity contribution in [3.05, 3.63) is 39.7 Å². The fourth-order valence-corrected chi connectivity index (χ4v) is 2.83. The first kappa shape index (κ1) is 19.5. The number of carbonyl (C=O) groups is 2. The molecule has 0 aliphatic carbocycles. The molecule has 1 atom stereocenters. The molecule has 1 amide bonds. The van der Waals surface area contributed by atoms with Crippen molar-refractivity contribution >= 4 is 22.8 Å². The van der Waals surface area contributed by atoms with Crippen molar-refractivity contribution in [2.24, 2.45) is 0 Å².